The minimum atomic E-state index is 0.487. The summed E-state index contributed by atoms with van der Waals surface area (Å²) in [7, 11) is 0. The fourth-order valence-corrected chi connectivity index (χ4v) is 0.429. The molecule has 0 aromatic heterocycles. The van der Waals surface area contributed by atoms with Crippen LogP contribution in [0.1, 0.15) is 13.8 Å². The molecule has 0 aliphatic rings. The molecule has 0 rings (SSSR count). The summed E-state index contributed by atoms with van der Waals surface area (Å²) in [5, 5.41) is 0. The van der Waals surface area contributed by atoms with Gasteiger partial charge in [0.15, 0.2) is 0 Å². The highest BCUT2D eigenvalue weighted by atomic mass is 13.9. The Morgan fingerprint density at radius 3 is 2.44 bits per heavy atom. The number of rotatable bonds is 3. The van der Waals surface area contributed by atoms with E-state index in [4.69, 9.17) is 0 Å². The highest BCUT2D eigenvalue weighted by Gasteiger charge is 1.82. The third-order valence-corrected chi connectivity index (χ3v) is 1.09. The smallest absolute Gasteiger partial charge is 0.00814 e. The molecule has 1 atom stereocenters. The van der Waals surface area contributed by atoms with Crippen molar-refractivity contribution in [2.75, 3.05) is 0 Å². The van der Waals surface area contributed by atoms with E-state index < -0.39 is 0 Å². The largest absolute Gasteiger partial charge is 0.102 e. The topological polar surface area (TPSA) is 0 Å². The second-order valence-electron chi connectivity index (χ2n) is 2.01. The normalized spacial score (nSPS) is 14.9. The molecular weight excluding hydrogens is 108 g/mol. The molecule has 0 aromatic carbocycles. The van der Waals surface area contributed by atoms with Gasteiger partial charge in [0.25, 0.3) is 0 Å². The lowest BCUT2D eigenvalue weighted by atomic mass is 10.2. The molecule has 0 nitrogen and oxygen atoms in total. The molecule has 0 aliphatic heterocycles. The third kappa shape index (κ3) is 5.09. The minimum absolute atomic E-state index is 0.487. The second kappa shape index (κ2) is 5.36. The van der Waals surface area contributed by atoms with Crippen LogP contribution in [0.3, 0.4) is 0 Å². The molecule has 0 N–H and O–H groups in total. The molecule has 0 fully saturated rings. The zero-order chi connectivity index (χ0) is 7.11. The predicted octanol–water partition coefficient (Wildman–Crippen LogP) is 2.94. The van der Waals surface area contributed by atoms with Crippen LogP contribution >= 0.6 is 0 Å². The Morgan fingerprint density at radius 2 is 2.00 bits per heavy atom. The van der Waals surface area contributed by atoms with Crippen molar-refractivity contribution >= 4 is 0 Å². The first-order chi connectivity index (χ1) is 4.31. The first kappa shape index (κ1) is 8.22. The summed E-state index contributed by atoms with van der Waals surface area (Å²) < 4.78 is 0. The van der Waals surface area contributed by atoms with Gasteiger partial charge in [-0.2, -0.15) is 0 Å². The Kier molecular flexibility index (Phi) is 4.89. The van der Waals surface area contributed by atoms with Crippen molar-refractivity contribution in [1.82, 2.24) is 0 Å². The Balaban J connectivity index is 3.55. The summed E-state index contributed by atoms with van der Waals surface area (Å²) in [6, 6.07) is 0. The van der Waals surface area contributed by atoms with Gasteiger partial charge in [-0.25, -0.2) is 0 Å². The standard InChI is InChI=1S/C9H14/c1-4-6-7-8-9(3)5-2/h4-9H,2H2,1,3H3/b6-4-,8-7?. The lowest BCUT2D eigenvalue weighted by Gasteiger charge is -1.91. The molecule has 0 saturated heterocycles. The van der Waals surface area contributed by atoms with Crippen LogP contribution < -0.4 is 0 Å². The van der Waals surface area contributed by atoms with Crippen LogP contribution in [0, 0.1) is 5.92 Å². The van der Waals surface area contributed by atoms with E-state index in [0.29, 0.717) is 5.92 Å². The van der Waals surface area contributed by atoms with Crippen molar-refractivity contribution in [1.29, 1.82) is 0 Å². The van der Waals surface area contributed by atoms with Crippen LogP contribution in [-0.2, 0) is 0 Å². The minimum Gasteiger partial charge on any atom is -0.102 e. The third-order valence-electron chi connectivity index (χ3n) is 1.09. The van der Waals surface area contributed by atoms with E-state index >= 15 is 0 Å². The number of allylic oxidation sites excluding steroid dienone is 5. The molecule has 9 heavy (non-hydrogen) atoms. The fourth-order valence-electron chi connectivity index (χ4n) is 0.429. The molecular formula is C9H14. The molecule has 0 aromatic rings. The Labute approximate surface area is 57.6 Å². The molecule has 1 unspecified atom stereocenters. The van der Waals surface area contributed by atoms with E-state index in [0.717, 1.165) is 0 Å². The van der Waals surface area contributed by atoms with Gasteiger partial charge in [-0.1, -0.05) is 37.3 Å². The summed E-state index contributed by atoms with van der Waals surface area (Å²) in [6.45, 7) is 7.77. The van der Waals surface area contributed by atoms with E-state index in [1.165, 1.54) is 0 Å². The highest BCUT2D eigenvalue weighted by molar-refractivity contribution is 5.05. The molecule has 50 valence electrons. The van der Waals surface area contributed by atoms with E-state index in [2.05, 4.69) is 19.6 Å². The van der Waals surface area contributed by atoms with E-state index in [1.54, 1.807) is 0 Å². The number of hydrogen-bond acceptors (Lipinski definition) is 0. The van der Waals surface area contributed by atoms with Gasteiger partial charge in [0.1, 0.15) is 0 Å². The second-order valence-corrected chi connectivity index (χ2v) is 2.01. The van der Waals surface area contributed by atoms with Crippen molar-refractivity contribution in [3.05, 3.63) is 37.0 Å². The lowest BCUT2D eigenvalue weighted by molar-refractivity contribution is 0.944. The van der Waals surface area contributed by atoms with E-state index in [-0.39, 0.29) is 0 Å². The van der Waals surface area contributed by atoms with Gasteiger partial charge in [0.2, 0.25) is 0 Å². The summed E-state index contributed by atoms with van der Waals surface area (Å²) in [6.07, 6.45) is 10.1. The lowest BCUT2D eigenvalue weighted by Crippen LogP contribution is -1.77. The van der Waals surface area contributed by atoms with Gasteiger partial charge < -0.3 is 0 Å². The molecule has 0 amide bonds. The summed E-state index contributed by atoms with van der Waals surface area (Å²) in [4.78, 5) is 0. The highest BCUT2D eigenvalue weighted by Crippen LogP contribution is 1.96. The van der Waals surface area contributed by atoms with Gasteiger partial charge in [0.05, 0.1) is 0 Å². The molecule has 0 saturated carbocycles. The van der Waals surface area contributed by atoms with Crippen LogP contribution in [0.5, 0.6) is 0 Å². The van der Waals surface area contributed by atoms with Crippen LogP contribution in [0.25, 0.3) is 0 Å². The zero-order valence-electron chi connectivity index (χ0n) is 6.17. The SMILES string of the molecule is C=CC(C)C=C/C=C\C. The maximum Gasteiger partial charge on any atom is -0.00814 e. The first-order valence-corrected chi connectivity index (χ1v) is 3.23. The predicted molar refractivity (Wildman–Crippen MR) is 43.3 cm³/mol. The summed E-state index contributed by atoms with van der Waals surface area (Å²) in [5.74, 6) is 0.487. The zero-order valence-corrected chi connectivity index (χ0v) is 6.17. The summed E-state index contributed by atoms with van der Waals surface area (Å²) in [5.41, 5.74) is 0. The van der Waals surface area contributed by atoms with E-state index in [1.807, 2.05) is 31.2 Å². The van der Waals surface area contributed by atoms with Crippen LogP contribution in [0.4, 0.5) is 0 Å². The van der Waals surface area contributed by atoms with E-state index in [9.17, 15) is 0 Å². The molecule has 0 heterocycles. The average molecular weight is 122 g/mol. The fraction of sp³-hybridized carbons (Fsp3) is 0.333. The van der Waals surface area contributed by atoms with Gasteiger partial charge in [-0.3, -0.25) is 0 Å². The van der Waals surface area contributed by atoms with Gasteiger partial charge >= 0.3 is 0 Å². The Hall–Kier alpha value is -0.780. The van der Waals surface area contributed by atoms with Crippen LogP contribution in [0.15, 0.2) is 37.0 Å². The molecule has 0 radical (unpaired) electrons. The molecule has 0 bridgehead atoms. The van der Waals surface area contributed by atoms with Gasteiger partial charge in [-0.15, -0.1) is 6.58 Å². The number of hydrogen-bond donors (Lipinski definition) is 0. The quantitative estimate of drug-likeness (QED) is 0.399. The Morgan fingerprint density at radius 1 is 1.33 bits per heavy atom. The summed E-state index contributed by atoms with van der Waals surface area (Å²) >= 11 is 0. The van der Waals surface area contributed by atoms with Crippen LogP contribution in [0.2, 0.25) is 0 Å². The molecule has 0 aliphatic carbocycles. The van der Waals surface area contributed by atoms with Crippen molar-refractivity contribution in [2.45, 2.75) is 13.8 Å². The molecule has 0 spiro atoms. The Bertz CT molecular complexity index is 118. The maximum atomic E-state index is 3.66. The van der Waals surface area contributed by atoms with Crippen molar-refractivity contribution in [3.63, 3.8) is 0 Å². The van der Waals surface area contributed by atoms with Crippen LogP contribution in [-0.4, -0.2) is 0 Å². The van der Waals surface area contributed by atoms with Crippen molar-refractivity contribution in [2.24, 2.45) is 5.92 Å². The van der Waals surface area contributed by atoms with Gasteiger partial charge in [-0.05, 0) is 12.8 Å². The van der Waals surface area contributed by atoms with Gasteiger partial charge in [0, 0.05) is 0 Å². The van der Waals surface area contributed by atoms with Crippen molar-refractivity contribution < 1.29 is 0 Å². The monoisotopic (exact) mass is 122 g/mol. The first-order valence-electron chi connectivity index (χ1n) is 3.23. The van der Waals surface area contributed by atoms with Crippen molar-refractivity contribution in [3.8, 4) is 0 Å². The maximum absolute atomic E-state index is 3.66. The molecule has 0 heteroatoms. The average Bonchev–Trinajstić information content (AvgIpc) is 1.89.